The molecule has 0 spiro atoms. The van der Waals surface area contributed by atoms with Crippen LogP contribution in [0.15, 0.2) is 0 Å². The van der Waals surface area contributed by atoms with Crippen molar-refractivity contribution >= 4 is 0 Å². The smallest absolute Gasteiger partial charge is 0.106 e. The molecular formula is C27H58N2O3. The lowest BCUT2D eigenvalue weighted by Crippen LogP contribution is -2.65. The van der Waals surface area contributed by atoms with Crippen LogP contribution in [0.5, 0.6) is 0 Å². The number of nitrogens with one attached hydrogen (secondary N) is 1. The second kappa shape index (κ2) is 20.2. The summed E-state index contributed by atoms with van der Waals surface area (Å²) in [5.41, 5.74) is 1.80. The molecule has 0 aromatic heterocycles. The molecule has 0 radical (unpaired) electrons. The van der Waals surface area contributed by atoms with E-state index in [-0.39, 0.29) is 6.17 Å². The number of nitrogens with zero attached hydrogens (tertiary/aromatic N) is 1. The molecule has 0 saturated carbocycles. The van der Waals surface area contributed by atoms with Crippen LogP contribution in [0, 0.1) is 0 Å². The second-order valence-corrected chi connectivity index (χ2v) is 9.93. The van der Waals surface area contributed by atoms with E-state index in [1.54, 1.807) is 6.92 Å². The molecule has 4 N–H and O–H groups in total. The van der Waals surface area contributed by atoms with Gasteiger partial charge in [-0.25, -0.2) is 0 Å². The Kier molecular flexibility index (Phi) is 20.1. The Bertz CT molecular complexity index is 402. The molecule has 0 fully saturated rings. The Morgan fingerprint density at radius 3 is 1.38 bits per heavy atom. The Labute approximate surface area is 200 Å². The van der Waals surface area contributed by atoms with E-state index >= 15 is 0 Å². The summed E-state index contributed by atoms with van der Waals surface area (Å²) in [6.45, 7) is 9.85. The highest BCUT2D eigenvalue weighted by molar-refractivity contribution is 4.96. The monoisotopic (exact) mass is 458 g/mol. The average molecular weight is 459 g/mol. The molecule has 32 heavy (non-hydrogen) atoms. The lowest BCUT2D eigenvalue weighted by atomic mass is 9.81. The molecule has 5 nitrogen and oxygen atoms in total. The quantitative estimate of drug-likeness (QED) is 0.0744. The van der Waals surface area contributed by atoms with E-state index < -0.39 is 17.9 Å². The van der Waals surface area contributed by atoms with E-state index in [1.807, 2.05) is 18.7 Å². The summed E-state index contributed by atoms with van der Waals surface area (Å²) in [5.74, 6) is 0. The maximum absolute atomic E-state index is 10.7. The van der Waals surface area contributed by atoms with Gasteiger partial charge in [-0.05, 0) is 33.1 Å². The SMILES string of the molecule is CCCCCCCCCCCCCCCCCC(CC)(C(C)O)N(C(C)O)C(CC)NO. The number of hydrogen-bond acceptors (Lipinski definition) is 5. The van der Waals surface area contributed by atoms with Crippen molar-refractivity contribution in [3.05, 3.63) is 0 Å². The zero-order valence-electron chi connectivity index (χ0n) is 22.2. The Hall–Kier alpha value is -0.200. The predicted octanol–water partition coefficient (Wildman–Crippen LogP) is 7.13. The van der Waals surface area contributed by atoms with Crippen LogP contribution >= 0.6 is 0 Å². The van der Waals surface area contributed by atoms with Gasteiger partial charge in [-0.15, -0.1) is 0 Å². The summed E-state index contributed by atoms with van der Waals surface area (Å²) in [7, 11) is 0. The van der Waals surface area contributed by atoms with Crippen molar-refractivity contribution in [1.29, 1.82) is 0 Å². The van der Waals surface area contributed by atoms with Crippen LogP contribution in [-0.4, -0.2) is 44.4 Å². The van der Waals surface area contributed by atoms with Gasteiger partial charge in [0.2, 0.25) is 0 Å². The average Bonchev–Trinajstić information content (AvgIpc) is 2.77. The van der Waals surface area contributed by atoms with Crippen LogP contribution in [0.3, 0.4) is 0 Å². The Morgan fingerprint density at radius 2 is 1.09 bits per heavy atom. The maximum atomic E-state index is 10.7. The first kappa shape index (κ1) is 31.8. The number of hydroxylamine groups is 1. The molecule has 0 heterocycles. The topological polar surface area (TPSA) is 76.0 Å². The minimum atomic E-state index is -0.745. The molecule has 0 saturated heterocycles. The van der Waals surface area contributed by atoms with Gasteiger partial charge in [-0.2, -0.15) is 5.48 Å². The third kappa shape index (κ3) is 12.3. The molecule has 0 aliphatic rings. The predicted molar refractivity (Wildman–Crippen MR) is 137 cm³/mol. The van der Waals surface area contributed by atoms with E-state index in [1.165, 1.54) is 83.5 Å². The lowest BCUT2D eigenvalue weighted by molar-refractivity contribution is -0.161. The van der Waals surface area contributed by atoms with Gasteiger partial charge in [0.25, 0.3) is 0 Å². The van der Waals surface area contributed by atoms with Crippen LogP contribution in [0.4, 0.5) is 0 Å². The van der Waals surface area contributed by atoms with Crippen LogP contribution in [-0.2, 0) is 0 Å². The molecule has 0 aromatic carbocycles. The molecule has 0 rings (SSSR count). The summed E-state index contributed by atoms with van der Waals surface area (Å²) in [5, 5.41) is 30.7. The van der Waals surface area contributed by atoms with E-state index in [2.05, 4.69) is 19.3 Å². The fourth-order valence-corrected chi connectivity index (χ4v) is 5.30. The van der Waals surface area contributed by atoms with Gasteiger partial charge in [0.05, 0.1) is 17.8 Å². The molecule has 0 aliphatic heterocycles. The van der Waals surface area contributed by atoms with Gasteiger partial charge >= 0.3 is 0 Å². The van der Waals surface area contributed by atoms with E-state index in [4.69, 9.17) is 0 Å². The van der Waals surface area contributed by atoms with Gasteiger partial charge < -0.3 is 15.4 Å². The molecule has 4 unspecified atom stereocenters. The Balaban J connectivity index is 4.13. The summed E-state index contributed by atoms with van der Waals surface area (Å²) in [6, 6.07) is 0. The maximum Gasteiger partial charge on any atom is 0.106 e. The van der Waals surface area contributed by atoms with Crippen molar-refractivity contribution < 1.29 is 15.4 Å². The summed E-state index contributed by atoms with van der Waals surface area (Å²) >= 11 is 0. The number of unbranched alkanes of at least 4 members (excludes halogenated alkanes) is 14. The van der Waals surface area contributed by atoms with Crippen LogP contribution in [0.1, 0.15) is 150 Å². The van der Waals surface area contributed by atoms with Crippen molar-refractivity contribution in [3.8, 4) is 0 Å². The van der Waals surface area contributed by atoms with Crippen LogP contribution < -0.4 is 5.48 Å². The highest BCUT2D eigenvalue weighted by Crippen LogP contribution is 2.34. The summed E-state index contributed by atoms with van der Waals surface area (Å²) in [6.07, 6.45) is 20.5. The van der Waals surface area contributed by atoms with Gasteiger partial charge in [0.15, 0.2) is 0 Å². The first-order valence-corrected chi connectivity index (χ1v) is 13.9. The molecule has 0 aliphatic carbocycles. The van der Waals surface area contributed by atoms with Gasteiger partial charge in [-0.1, -0.05) is 117 Å². The third-order valence-corrected chi connectivity index (χ3v) is 7.39. The van der Waals surface area contributed by atoms with Gasteiger partial charge in [-0.3, -0.25) is 4.90 Å². The molecule has 0 aromatic rings. The molecule has 0 bridgehead atoms. The van der Waals surface area contributed by atoms with E-state index in [0.717, 1.165) is 25.7 Å². The van der Waals surface area contributed by atoms with E-state index in [9.17, 15) is 15.4 Å². The van der Waals surface area contributed by atoms with Gasteiger partial charge in [0, 0.05) is 0 Å². The minimum absolute atomic E-state index is 0.374. The first-order chi connectivity index (χ1) is 15.4. The zero-order chi connectivity index (χ0) is 24.2. The largest absolute Gasteiger partial charge is 0.391 e. The fraction of sp³-hybridized carbons (Fsp3) is 1.00. The number of rotatable bonds is 23. The molecule has 194 valence electrons. The lowest BCUT2D eigenvalue weighted by Gasteiger charge is -2.50. The number of aliphatic hydroxyl groups is 2. The van der Waals surface area contributed by atoms with Crippen molar-refractivity contribution in [2.24, 2.45) is 0 Å². The zero-order valence-corrected chi connectivity index (χ0v) is 22.2. The summed E-state index contributed by atoms with van der Waals surface area (Å²) in [4.78, 5) is 1.88. The van der Waals surface area contributed by atoms with Crippen molar-refractivity contribution in [2.45, 2.75) is 174 Å². The fourth-order valence-electron chi connectivity index (χ4n) is 5.30. The number of hydrogen-bond donors (Lipinski definition) is 4. The summed E-state index contributed by atoms with van der Waals surface area (Å²) < 4.78 is 0. The minimum Gasteiger partial charge on any atom is -0.391 e. The number of aliphatic hydroxyl groups excluding tert-OH is 2. The van der Waals surface area contributed by atoms with E-state index in [0.29, 0.717) is 6.42 Å². The molecule has 5 heteroatoms. The second-order valence-electron chi connectivity index (χ2n) is 9.93. The first-order valence-electron chi connectivity index (χ1n) is 13.9. The normalized spacial score (nSPS) is 16.8. The van der Waals surface area contributed by atoms with Gasteiger partial charge in [0.1, 0.15) is 6.23 Å². The van der Waals surface area contributed by atoms with Crippen molar-refractivity contribution in [3.63, 3.8) is 0 Å². The van der Waals surface area contributed by atoms with Crippen molar-refractivity contribution in [1.82, 2.24) is 10.4 Å². The van der Waals surface area contributed by atoms with Crippen LogP contribution in [0.2, 0.25) is 0 Å². The Morgan fingerprint density at radius 1 is 0.688 bits per heavy atom. The standard InChI is InChI=1S/C27H58N2O3/c1-6-9-10-11-12-13-14-15-16-17-18-19-20-21-22-23-27(8-3,24(4)30)29(25(5)31)26(7-2)28-32/h24-26,28,30-32H,6-23H2,1-5H3. The molecule has 0 amide bonds. The van der Waals surface area contributed by atoms with Crippen LogP contribution in [0.25, 0.3) is 0 Å². The molecular weight excluding hydrogens is 400 g/mol. The van der Waals surface area contributed by atoms with Crippen molar-refractivity contribution in [2.75, 3.05) is 0 Å². The third-order valence-electron chi connectivity index (χ3n) is 7.39. The highest BCUT2D eigenvalue weighted by Gasteiger charge is 2.44. The highest BCUT2D eigenvalue weighted by atomic mass is 16.5. The molecule has 4 atom stereocenters.